The molecule has 0 aromatic heterocycles. The zero-order chi connectivity index (χ0) is 20.0. The second-order valence-corrected chi connectivity index (χ2v) is 7.47. The van der Waals surface area contributed by atoms with Crippen molar-refractivity contribution >= 4 is 5.97 Å². The predicted octanol–water partition coefficient (Wildman–Crippen LogP) is 6.69. The van der Waals surface area contributed by atoms with Crippen LogP contribution in [-0.2, 0) is 12.8 Å². The van der Waals surface area contributed by atoms with Gasteiger partial charge in [-0.3, -0.25) is 0 Å². The van der Waals surface area contributed by atoms with E-state index in [1.807, 2.05) is 24.3 Å². The molecule has 0 aliphatic carbocycles. The summed E-state index contributed by atoms with van der Waals surface area (Å²) in [6.07, 6.45) is 12.3. The Morgan fingerprint density at radius 1 is 0.750 bits per heavy atom. The second-order valence-electron chi connectivity index (χ2n) is 7.47. The van der Waals surface area contributed by atoms with Gasteiger partial charge in [-0.2, -0.15) is 0 Å². The molecular formula is C25H34O3. The Bertz CT molecular complexity index is 674. The molecule has 0 heterocycles. The molecule has 152 valence electrons. The molecule has 0 unspecified atom stereocenters. The van der Waals surface area contributed by atoms with E-state index >= 15 is 0 Å². The summed E-state index contributed by atoms with van der Waals surface area (Å²) in [7, 11) is 0. The first kappa shape index (κ1) is 22.0. The van der Waals surface area contributed by atoms with E-state index in [2.05, 4.69) is 19.1 Å². The van der Waals surface area contributed by atoms with E-state index in [1.54, 1.807) is 12.1 Å². The Morgan fingerprint density at radius 2 is 1.25 bits per heavy atom. The number of rotatable bonds is 14. The number of ether oxygens (including phenoxy) is 1. The van der Waals surface area contributed by atoms with Crippen LogP contribution < -0.4 is 4.74 Å². The highest BCUT2D eigenvalue weighted by molar-refractivity contribution is 5.87. The van der Waals surface area contributed by atoms with E-state index in [0.717, 1.165) is 37.2 Å². The van der Waals surface area contributed by atoms with Crippen molar-refractivity contribution in [2.45, 2.75) is 71.1 Å². The van der Waals surface area contributed by atoms with Crippen LogP contribution >= 0.6 is 0 Å². The van der Waals surface area contributed by atoms with Crippen LogP contribution in [0.25, 0.3) is 0 Å². The number of hydrogen-bond donors (Lipinski definition) is 1. The average molecular weight is 383 g/mol. The molecule has 28 heavy (non-hydrogen) atoms. The molecular weight excluding hydrogens is 348 g/mol. The number of unbranched alkanes of at least 4 members (excludes halogenated alkanes) is 7. The van der Waals surface area contributed by atoms with Crippen LogP contribution in [0.1, 0.15) is 79.8 Å². The Morgan fingerprint density at radius 3 is 1.79 bits per heavy atom. The Balaban J connectivity index is 1.60. The van der Waals surface area contributed by atoms with Gasteiger partial charge >= 0.3 is 5.97 Å². The molecule has 0 radical (unpaired) electrons. The first-order valence-electron chi connectivity index (χ1n) is 10.7. The van der Waals surface area contributed by atoms with E-state index in [0.29, 0.717) is 5.56 Å². The summed E-state index contributed by atoms with van der Waals surface area (Å²) in [6, 6.07) is 15.5. The summed E-state index contributed by atoms with van der Waals surface area (Å²) in [6.45, 7) is 3.05. The number of aryl methyl sites for hydroxylation is 2. The number of carboxylic acids is 1. The highest BCUT2D eigenvalue weighted by Gasteiger charge is 2.02. The van der Waals surface area contributed by atoms with Crippen molar-refractivity contribution in [1.29, 1.82) is 0 Å². The van der Waals surface area contributed by atoms with Crippen molar-refractivity contribution in [3.8, 4) is 5.75 Å². The number of carbonyl (C=O) groups is 1. The van der Waals surface area contributed by atoms with Gasteiger partial charge in [0.2, 0.25) is 0 Å². The van der Waals surface area contributed by atoms with Crippen molar-refractivity contribution in [1.82, 2.24) is 0 Å². The number of aromatic carboxylic acids is 1. The summed E-state index contributed by atoms with van der Waals surface area (Å²) >= 11 is 0. The summed E-state index contributed by atoms with van der Waals surface area (Å²) in [5.74, 6) is 0.0617. The predicted molar refractivity (Wildman–Crippen MR) is 115 cm³/mol. The van der Waals surface area contributed by atoms with E-state index in [4.69, 9.17) is 9.84 Å². The largest absolute Gasteiger partial charge is 0.494 e. The van der Waals surface area contributed by atoms with Gasteiger partial charge in [-0.1, -0.05) is 76.1 Å². The van der Waals surface area contributed by atoms with Crippen LogP contribution in [0.15, 0.2) is 48.5 Å². The fourth-order valence-corrected chi connectivity index (χ4v) is 3.28. The van der Waals surface area contributed by atoms with Gasteiger partial charge in [-0.15, -0.1) is 0 Å². The zero-order valence-corrected chi connectivity index (χ0v) is 17.2. The molecule has 3 nitrogen and oxygen atoms in total. The molecule has 2 aromatic rings. The zero-order valence-electron chi connectivity index (χ0n) is 17.2. The molecule has 0 amide bonds. The maximum absolute atomic E-state index is 10.9. The molecule has 0 spiro atoms. The van der Waals surface area contributed by atoms with E-state index in [9.17, 15) is 4.79 Å². The Labute approximate surface area is 169 Å². The van der Waals surface area contributed by atoms with Crippen LogP contribution in [0.3, 0.4) is 0 Å². The number of carboxylic acid groups (broad SMARTS) is 1. The van der Waals surface area contributed by atoms with Crippen molar-refractivity contribution < 1.29 is 14.6 Å². The van der Waals surface area contributed by atoms with Gasteiger partial charge in [-0.05, 0) is 54.7 Å². The molecule has 2 rings (SSSR count). The number of hydrogen-bond acceptors (Lipinski definition) is 2. The maximum Gasteiger partial charge on any atom is 0.335 e. The van der Waals surface area contributed by atoms with E-state index in [1.165, 1.54) is 50.5 Å². The van der Waals surface area contributed by atoms with Crippen molar-refractivity contribution in [3.05, 3.63) is 65.2 Å². The lowest BCUT2D eigenvalue weighted by atomic mass is 10.0. The first-order chi connectivity index (χ1) is 13.7. The summed E-state index contributed by atoms with van der Waals surface area (Å²) in [4.78, 5) is 10.9. The van der Waals surface area contributed by atoms with E-state index < -0.39 is 5.97 Å². The lowest BCUT2D eigenvalue weighted by molar-refractivity contribution is 0.0697. The fraction of sp³-hybridized carbons (Fsp3) is 0.480. The number of benzene rings is 2. The average Bonchev–Trinajstić information content (AvgIpc) is 2.72. The van der Waals surface area contributed by atoms with Gasteiger partial charge in [0.1, 0.15) is 5.75 Å². The molecule has 3 heteroatoms. The summed E-state index contributed by atoms with van der Waals surface area (Å²) in [5.41, 5.74) is 2.75. The lowest BCUT2D eigenvalue weighted by Gasteiger charge is -2.08. The molecule has 1 N–H and O–H groups in total. The van der Waals surface area contributed by atoms with Crippen LogP contribution in [0, 0.1) is 0 Å². The lowest BCUT2D eigenvalue weighted by Crippen LogP contribution is -1.98. The van der Waals surface area contributed by atoms with Gasteiger partial charge in [0.15, 0.2) is 0 Å². The Hall–Kier alpha value is -2.29. The van der Waals surface area contributed by atoms with Crippen LogP contribution in [0.4, 0.5) is 0 Å². The molecule has 0 saturated carbocycles. The normalized spacial score (nSPS) is 10.8. The molecule has 0 atom stereocenters. The Kier molecular flexibility index (Phi) is 10.2. The summed E-state index contributed by atoms with van der Waals surface area (Å²) < 4.78 is 5.85. The van der Waals surface area contributed by atoms with Gasteiger partial charge in [0.05, 0.1) is 12.2 Å². The van der Waals surface area contributed by atoms with Crippen LogP contribution in [0.5, 0.6) is 5.75 Å². The van der Waals surface area contributed by atoms with Crippen molar-refractivity contribution in [2.75, 3.05) is 6.61 Å². The van der Waals surface area contributed by atoms with Crippen molar-refractivity contribution in [3.63, 3.8) is 0 Å². The van der Waals surface area contributed by atoms with Crippen LogP contribution in [-0.4, -0.2) is 17.7 Å². The van der Waals surface area contributed by atoms with Gasteiger partial charge in [0, 0.05) is 0 Å². The SMILES string of the molecule is CCCCCCCCCCOc1ccc(CCc2ccc(C(=O)O)cc2)cc1. The molecule has 0 fully saturated rings. The minimum absolute atomic E-state index is 0.335. The molecule has 0 bridgehead atoms. The van der Waals surface area contributed by atoms with Crippen LogP contribution in [0.2, 0.25) is 0 Å². The maximum atomic E-state index is 10.9. The van der Waals surface area contributed by atoms with Gasteiger partial charge in [0.25, 0.3) is 0 Å². The highest BCUT2D eigenvalue weighted by atomic mass is 16.5. The standard InChI is InChI=1S/C25H34O3/c1-2-3-4-5-6-7-8-9-20-28-24-18-14-22(15-19-24)11-10-21-12-16-23(17-13-21)25(26)27/h12-19H,2-11,20H2,1H3,(H,26,27). The molecule has 2 aromatic carbocycles. The molecule has 0 aliphatic heterocycles. The fourth-order valence-electron chi connectivity index (χ4n) is 3.28. The third-order valence-corrected chi connectivity index (χ3v) is 5.09. The van der Waals surface area contributed by atoms with Gasteiger partial charge < -0.3 is 9.84 Å². The van der Waals surface area contributed by atoms with E-state index in [-0.39, 0.29) is 0 Å². The minimum atomic E-state index is -0.880. The molecule has 0 aliphatic rings. The smallest absolute Gasteiger partial charge is 0.335 e. The summed E-state index contributed by atoms with van der Waals surface area (Å²) in [5, 5.41) is 8.94. The third-order valence-electron chi connectivity index (χ3n) is 5.09. The monoisotopic (exact) mass is 382 g/mol. The topological polar surface area (TPSA) is 46.5 Å². The highest BCUT2D eigenvalue weighted by Crippen LogP contribution is 2.16. The molecule has 0 saturated heterocycles. The third kappa shape index (κ3) is 8.60. The van der Waals surface area contributed by atoms with Crippen molar-refractivity contribution in [2.24, 2.45) is 0 Å². The second kappa shape index (κ2) is 13.0. The minimum Gasteiger partial charge on any atom is -0.494 e. The quantitative estimate of drug-likeness (QED) is 0.370. The first-order valence-corrected chi connectivity index (χ1v) is 10.7. The van der Waals surface area contributed by atoms with Gasteiger partial charge in [-0.25, -0.2) is 4.79 Å².